The lowest BCUT2D eigenvalue weighted by Crippen LogP contribution is -2.63. The number of aliphatic hydroxyl groups is 1. The number of aliphatic hydroxyl groups excluding tert-OH is 1. The monoisotopic (exact) mass is 1200 g/mol. The largest absolute Gasteiger partial charge is 0.390 e. The quantitative estimate of drug-likeness (QED) is 0.148. The summed E-state index contributed by atoms with van der Waals surface area (Å²) in [5, 5.41) is 23.1. The van der Waals surface area contributed by atoms with Crippen LogP contribution in [-0.2, 0) is 52.7 Å². The lowest BCUT2D eigenvalue weighted by atomic mass is 9.91. The van der Waals surface area contributed by atoms with Crippen LogP contribution in [0.3, 0.4) is 0 Å². The Morgan fingerprint density at radius 2 is 0.871 bits per heavy atom. The summed E-state index contributed by atoms with van der Waals surface area (Å²) in [4.78, 5) is 169. The van der Waals surface area contributed by atoms with Crippen molar-refractivity contribution in [3.05, 3.63) is 12.2 Å². The molecular formula is C62H111N11O12. The summed E-state index contributed by atoms with van der Waals surface area (Å²) in [7, 11) is 9.92. The molecule has 0 aromatic heterocycles. The molecule has 0 unspecified atom stereocenters. The van der Waals surface area contributed by atoms with Crippen molar-refractivity contribution in [1.29, 1.82) is 0 Å². The van der Waals surface area contributed by atoms with Crippen LogP contribution in [0.1, 0.15) is 156 Å². The Morgan fingerprint density at radius 1 is 0.459 bits per heavy atom. The molecule has 0 saturated carbocycles. The first kappa shape index (κ1) is 76.9. The summed E-state index contributed by atoms with van der Waals surface area (Å²) in [6.07, 6.45) is 3.04. The van der Waals surface area contributed by atoms with Crippen LogP contribution in [0.5, 0.6) is 0 Å². The number of hydrogen-bond acceptors (Lipinski definition) is 12. The van der Waals surface area contributed by atoms with Gasteiger partial charge in [0.2, 0.25) is 65.0 Å². The first-order valence-electron chi connectivity index (χ1n) is 30.6. The van der Waals surface area contributed by atoms with Crippen LogP contribution in [0.15, 0.2) is 12.2 Å². The molecule has 1 aliphatic heterocycles. The molecule has 85 heavy (non-hydrogen) atoms. The van der Waals surface area contributed by atoms with E-state index in [0.717, 1.165) is 9.80 Å². The van der Waals surface area contributed by atoms with Gasteiger partial charge in [-0.1, -0.05) is 109 Å². The average molecular weight is 1200 g/mol. The fourth-order valence-corrected chi connectivity index (χ4v) is 10.7. The number of likely N-dealkylation sites (N-methyl/N-ethyl adjacent to an activating group) is 7. The SMILES string of the molecule is C/C=C/C[C@@H](C)[C@@H](O)[C@H]1C(=O)N[C@@H](CC)C(=O)N(C)CC(=O)N(C)[C@H](CC(C)C)C(=O)N[C@H](C(C)C)C(=O)N(C)[C@H](CC(C)C)C(=O)N[C@@H](C)C(=O)N[C@@H](C)C(=O)N(C)[C@H](CC(C)C)C(=O)N(C)[C@H](CC(C)C)C(=O)N(C)[C@H](C(C)C)C(=O)N1C. The fourth-order valence-electron chi connectivity index (χ4n) is 10.7. The third kappa shape index (κ3) is 21.7. The number of nitrogens with zero attached hydrogens (tertiary/aromatic N) is 7. The van der Waals surface area contributed by atoms with Gasteiger partial charge in [0.1, 0.15) is 60.4 Å². The van der Waals surface area contributed by atoms with E-state index in [2.05, 4.69) is 21.3 Å². The minimum atomic E-state index is -1.61. The Labute approximate surface area is 508 Å². The Bertz CT molecular complexity index is 2330. The summed E-state index contributed by atoms with van der Waals surface area (Å²) in [6.45, 7) is 29.3. The highest BCUT2D eigenvalue weighted by Gasteiger charge is 2.45. The molecule has 0 bridgehead atoms. The van der Waals surface area contributed by atoms with Gasteiger partial charge in [-0.25, -0.2) is 0 Å². The molecule has 1 saturated heterocycles. The first-order valence-corrected chi connectivity index (χ1v) is 30.6. The van der Waals surface area contributed by atoms with Gasteiger partial charge in [-0.2, -0.15) is 0 Å². The zero-order valence-electron chi connectivity index (χ0n) is 56.1. The van der Waals surface area contributed by atoms with Crippen LogP contribution < -0.4 is 21.3 Å². The third-order valence-corrected chi connectivity index (χ3v) is 16.1. The molecule has 0 aliphatic carbocycles. The Kier molecular flexibility index (Phi) is 31.5. The predicted molar refractivity (Wildman–Crippen MR) is 328 cm³/mol. The van der Waals surface area contributed by atoms with Crippen molar-refractivity contribution >= 4 is 65.0 Å². The summed E-state index contributed by atoms with van der Waals surface area (Å²) < 4.78 is 0. The Morgan fingerprint density at radius 3 is 1.32 bits per heavy atom. The maximum atomic E-state index is 15.1. The molecule has 0 aromatic carbocycles. The third-order valence-electron chi connectivity index (χ3n) is 16.1. The molecular weight excluding hydrogens is 1090 g/mol. The normalized spacial score (nSPS) is 26.9. The standard InChI is InChI=1S/C62H111N11O12/c1-25-27-28-40(15)52(75)51-56(79)65-43(26-2)58(81)67(18)33-48(74)68(19)44(29-34(3)4)55(78)66-49(38(11)12)61(84)69(20)45(30-35(5)6)54(77)63-41(16)53(76)64-42(17)57(80)70(21)46(31-36(7)8)59(82)71(22)47(32-37(9)10)60(83)72(23)50(39(13)14)62(85)73(51)24/h25,27,34-47,49-52,75H,26,28-33H2,1-24H3,(H,63,77)(H,64,76)(H,65,79)(H,66,78)/b27-25+/t40-,41+,42+,43+,44-,45-,46-,47-,49-,50-,51+,52-/m1/s1. The van der Waals surface area contributed by atoms with Crippen molar-refractivity contribution in [3.8, 4) is 0 Å². The highest BCUT2D eigenvalue weighted by Crippen LogP contribution is 2.26. The lowest BCUT2D eigenvalue weighted by Gasteiger charge is -2.41. The van der Waals surface area contributed by atoms with Gasteiger partial charge in [0, 0.05) is 49.3 Å². The van der Waals surface area contributed by atoms with E-state index in [1.807, 2.05) is 61.5 Å². The van der Waals surface area contributed by atoms with Gasteiger partial charge >= 0.3 is 0 Å². The summed E-state index contributed by atoms with van der Waals surface area (Å²) in [5.74, 6) is -9.71. The second-order valence-electron chi connectivity index (χ2n) is 26.1. The number of carbonyl (C=O) groups excluding carboxylic acids is 11. The van der Waals surface area contributed by atoms with Gasteiger partial charge in [-0.05, 0) is 101 Å². The van der Waals surface area contributed by atoms with Gasteiger partial charge in [0.15, 0.2) is 0 Å². The zero-order chi connectivity index (χ0) is 66.0. The summed E-state index contributed by atoms with van der Waals surface area (Å²) in [6, 6.07) is -12.3. The average Bonchev–Trinajstić information content (AvgIpc) is 3.62. The molecule has 0 aromatic rings. The zero-order valence-corrected chi connectivity index (χ0v) is 56.1. The number of hydrogen-bond donors (Lipinski definition) is 5. The van der Waals surface area contributed by atoms with Crippen molar-refractivity contribution < 1.29 is 57.8 Å². The van der Waals surface area contributed by atoms with E-state index in [0.29, 0.717) is 6.42 Å². The smallest absolute Gasteiger partial charge is 0.246 e. The highest BCUT2D eigenvalue weighted by atomic mass is 16.3. The molecule has 5 N–H and O–H groups in total. The Balaban J connectivity index is 4.32. The molecule has 1 fully saturated rings. The van der Waals surface area contributed by atoms with Crippen LogP contribution in [0.4, 0.5) is 0 Å². The molecule has 11 amide bonds. The minimum Gasteiger partial charge on any atom is -0.390 e. The minimum absolute atomic E-state index is 0.0229. The second kappa shape index (κ2) is 34.9. The van der Waals surface area contributed by atoms with Crippen molar-refractivity contribution in [3.63, 3.8) is 0 Å². The molecule has 1 heterocycles. The molecule has 0 radical (unpaired) electrons. The second-order valence-corrected chi connectivity index (χ2v) is 26.1. The van der Waals surface area contributed by atoms with Gasteiger partial charge in [0.05, 0.1) is 12.6 Å². The van der Waals surface area contributed by atoms with Crippen LogP contribution in [0, 0.1) is 41.4 Å². The molecule has 1 rings (SSSR count). The molecule has 23 nitrogen and oxygen atoms in total. The van der Waals surface area contributed by atoms with E-state index >= 15 is 9.59 Å². The van der Waals surface area contributed by atoms with E-state index in [9.17, 15) is 48.3 Å². The molecule has 0 spiro atoms. The first-order chi connectivity index (χ1) is 39.2. The van der Waals surface area contributed by atoms with E-state index in [1.165, 1.54) is 87.7 Å². The van der Waals surface area contributed by atoms with Crippen LogP contribution >= 0.6 is 0 Å². The maximum absolute atomic E-state index is 15.1. The van der Waals surface area contributed by atoms with Gasteiger partial charge < -0.3 is 60.7 Å². The lowest BCUT2D eigenvalue weighted by molar-refractivity contribution is -0.157. The predicted octanol–water partition coefficient (Wildman–Crippen LogP) is 3.27. The van der Waals surface area contributed by atoms with E-state index in [4.69, 9.17) is 0 Å². The van der Waals surface area contributed by atoms with Crippen molar-refractivity contribution in [2.75, 3.05) is 55.9 Å². The van der Waals surface area contributed by atoms with Crippen LogP contribution in [-0.4, -0.2) is 227 Å². The van der Waals surface area contributed by atoms with Gasteiger partial charge in [-0.3, -0.25) is 52.7 Å². The fraction of sp³-hybridized carbons (Fsp3) is 0.790. The van der Waals surface area contributed by atoms with Crippen LogP contribution in [0.2, 0.25) is 0 Å². The van der Waals surface area contributed by atoms with E-state index in [-0.39, 0.29) is 55.8 Å². The number of rotatable bonds is 15. The van der Waals surface area contributed by atoms with Crippen LogP contribution in [0.25, 0.3) is 0 Å². The van der Waals surface area contributed by atoms with E-state index < -0.39 is 156 Å². The maximum Gasteiger partial charge on any atom is 0.246 e. The molecule has 486 valence electrons. The summed E-state index contributed by atoms with van der Waals surface area (Å²) in [5.41, 5.74) is 0. The highest BCUT2D eigenvalue weighted by molar-refractivity contribution is 5.99. The van der Waals surface area contributed by atoms with E-state index in [1.54, 1.807) is 54.5 Å². The number of carbonyl (C=O) groups is 11. The van der Waals surface area contributed by atoms with Crippen molar-refractivity contribution in [2.24, 2.45) is 41.4 Å². The van der Waals surface area contributed by atoms with Crippen molar-refractivity contribution in [1.82, 2.24) is 55.6 Å². The topological polar surface area (TPSA) is 279 Å². The molecule has 12 atom stereocenters. The number of amides is 11. The number of allylic oxidation sites excluding steroid dienone is 2. The van der Waals surface area contributed by atoms with Gasteiger partial charge in [-0.15, -0.1) is 0 Å². The Hall–Kier alpha value is -6.13. The van der Waals surface area contributed by atoms with Gasteiger partial charge in [0.25, 0.3) is 0 Å². The summed E-state index contributed by atoms with van der Waals surface area (Å²) >= 11 is 0. The number of nitrogens with one attached hydrogen (secondary N) is 4. The molecule has 23 heteroatoms. The molecule has 1 aliphatic rings. The van der Waals surface area contributed by atoms with Crippen molar-refractivity contribution in [2.45, 2.75) is 223 Å².